The van der Waals surface area contributed by atoms with Gasteiger partial charge in [0.1, 0.15) is 65.5 Å². The maximum absolute atomic E-state index is 14.5. The number of aromatic hydroxyl groups is 1. The van der Waals surface area contributed by atoms with Crippen molar-refractivity contribution in [1.82, 2.24) is 10.6 Å². The Morgan fingerprint density at radius 3 is 1.43 bits per heavy atom. The molecule has 5 heterocycles. The molecule has 2 amide bonds. The number of amides is 2. The van der Waals surface area contributed by atoms with E-state index in [2.05, 4.69) is 118 Å². The Balaban J connectivity index is 0.000000189. The van der Waals surface area contributed by atoms with Crippen molar-refractivity contribution >= 4 is 172 Å². The van der Waals surface area contributed by atoms with Gasteiger partial charge in [-0.25, -0.2) is 53.5 Å². The van der Waals surface area contributed by atoms with E-state index in [1.165, 1.54) is 25.3 Å². The molecule has 0 fully saturated rings. The number of hydrogen-bond acceptors (Lipinski definition) is 12. The maximum atomic E-state index is 14.5. The minimum absolute atomic E-state index is 0.00842. The molecule has 628 valence electrons. The van der Waals surface area contributed by atoms with Gasteiger partial charge in [0.05, 0.1) is 98.0 Å². The van der Waals surface area contributed by atoms with E-state index in [1.807, 2.05) is 12.1 Å². The van der Waals surface area contributed by atoms with Crippen LogP contribution in [0.4, 0.5) is 43.9 Å². The maximum Gasteiger partial charge on any atom is 0.328 e. The zero-order valence-corrected chi connectivity index (χ0v) is 74.3. The van der Waals surface area contributed by atoms with Gasteiger partial charge < -0.3 is 54.0 Å². The summed E-state index contributed by atoms with van der Waals surface area (Å²) in [6.45, 7) is 2.43. The molecule has 35 heteroatoms. The number of carbonyl (C=O) groups excluding carboxylic acids is 3. The number of methoxy groups -OCH3 is 1. The molecular weight excluding hydrogens is 2060 g/mol. The van der Waals surface area contributed by atoms with Crippen LogP contribution in [0, 0.1) is 82.9 Å². The number of fused-ring (bicyclic) bond motifs is 5. The highest BCUT2D eigenvalue weighted by Crippen LogP contribution is 2.47. The van der Waals surface area contributed by atoms with Gasteiger partial charge in [-0.05, 0) is 226 Å². The SMILES string of the molecule is C#CCBr.C#CCOc1cc(F)c(F)cc1Br.COC(=O)[C@H](Cc1ccc(Br)c2c1CCCO2)NC(=O)c1c(Cl)cccc1Cl.Fc1cc(Br)c2c(c1F)C=CCO2.Fc1cc(Br)c2c(c1F)CCCO2.O=C(N[C@@H](Cc1ccc(-c2cc(F)c(F)c3c2OCCC3)c2c1CCCO2)C(=O)O)c1c(Cl)cccc1Cl.Oc1cc(F)c(F)cc1Br. The highest BCUT2D eigenvalue weighted by atomic mass is 79.9. The second-order valence-corrected chi connectivity index (χ2v) is 31.7. The Kier molecular flexibility index (Phi) is 37.2. The summed E-state index contributed by atoms with van der Waals surface area (Å²) in [6.07, 6.45) is 18.3. The van der Waals surface area contributed by atoms with Crippen LogP contribution in [-0.4, -0.2) is 98.1 Å². The number of benzene rings is 9. The van der Waals surface area contributed by atoms with Crippen molar-refractivity contribution in [3.63, 3.8) is 0 Å². The zero-order chi connectivity index (χ0) is 87.1. The predicted octanol–water partition coefficient (Wildman–Crippen LogP) is 23.0. The number of alkyl halides is 1. The lowest BCUT2D eigenvalue weighted by atomic mass is 9.89. The Bertz CT molecular complexity index is 5310. The molecule has 9 aromatic carbocycles. The van der Waals surface area contributed by atoms with Crippen LogP contribution in [0.15, 0.2) is 132 Å². The Labute approximate surface area is 746 Å². The van der Waals surface area contributed by atoms with E-state index in [0.717, 1.165) is 82.6 Å². The van der Waals surface area contributed by atoms with E-state index >= 15 is 0 Å². The molecule has 0 spiro atoms. The minimum atomic E-state index is -1.29. The molecule has 119 heavy (non-hydrogen) atoms. The molecular formula is C84H64Br6Cl4F10N2O13. The normalized spacial score (nSPS) is 13.2. The van der Waals surface area contributed by atoms with Gasteiger partial charge in [-0.15, -0.1) is 12.8 Å². The van der Waals surface area contributed by atoms with Crippen molar-refractivity contribution < 1.29 is 106 Å². The van der Waals surface area contributed by atoms with E-state index in [4.69, 9.17) is 97.5 Å². The number of carboxylic acid groups (broad SMARTS) is 1. The van der Waals surface area contributed by atoms with Gasteiger partial charge in [0.2, 0.25) is 0 Å². The highest BCUT2D eigenvalue weighted by Gasteiger charge is 2.33. The number of nitrogens with one attached hydrogen (secondary N) is 2. The van der Waals surface area contributed by atoms with Crippen molar-refractivity contribution in [2.45, 2.75) is 76.3 Å². The molecule has 0 saturated heterocycles. The van der Waals surface area contributed by atoms with Gasteiger partial charge in [-0.1, -0.05) is 105 Å². The first-order valence-corrected chi connectivity index (χ1v) is 41.8. The number of hydrogen-bond donors (Lipinski definition) is 4. The number of phenolic OH excluding ortho intramolecular Hbond substituents is 1. The van der Waals surface area contributed by atoms with Crippen molar-refractivity contribution in [3.8, 4) is 76.1 Å². The number of ether oxygens (including phenoxy) is 7. The van der Waals surface area contributed by atoms with Crippen LogP contribution in [0.5, 0.6) is 40.2 Å². The van der Waals surface area contributed by atoms with Gasteiger partial charge in [-0.3, -0.25) is 9.59 Å². The first-order chi connectivity index (χ1) is 56.7. The number of carboxylic acids is 1. The fraction of sp³-hybridized carbons (Fsp3) is 0.238. The number of terminal acetylenes is 2. The summed E-state index contributed by atoms with van der Waals surface area (Å²) in [7, 11) is 1.28. The molecule has 5 aliphatic rings. The largest absolute Gasteiger partial charge is 0.507 e. The fourth-order valence-electron chi connectivity index (χ4n) is 12.0. The van der Waals surface area contributed by atoms with Gasteiger partial charge >= 0.3 is 11.9 Å². The molecule has 4 N–H and O–H groups in total. The van der Waals surface area contributed by atoms with E-state index < -0.39 is 94.0 Å². The first kappa shape index (κ1) is 96.1. The third kappa shape index (κ3) is 25.4. The van der Waals surface area contributed by atoms with E-state index in [0.29, 0.717) is 135 Å². The summed E-state index contributed by atoms with van der Waals surface area (Å²) in [4.78, 5) is 50.1. The Morgan fingerprint density at radius 1 is 0.496 bits per heavy atom. The lowest BCUT2D eigenvalue weighted by molar-refractivity contribution is -0.143. The molecule has 0 aromatic heterocycles. The van der Waals surface area contributed by atoms with Gasteiger partial charge in [0, 0.05) is 47.2 Å². The number of aliphatic carboxylic acids is 1. The van der Waals surface area contributed by atoms with Gasteiger partial charge in [0.25, 0.3) is 11.8 Å². The van der Waals surface area contributed by atoms with Crippen LogP contribution < -0.4 is 39.1 Å². The van der Waals surface area contributed by atoms with E-state index in [-0.39, 0.29) is 77.8 Å². The third-order valence-corrected chi connectivity index (χ3v) is 22.1. The number of carbonyl (C=O) groups is 4. The van der Waals surface area contributed by atoms with Crippen LogP contribution in [0.3, 0.4) is 0 Å². The van der Waals surface area contributed by atoms with Crippen LogP contribution >= 0.6 is 142 Å². The molecule has 9 aromatic rings. The highest BCUT2D eigenvalue weighted by molar-refractivity contribution is 9.11. The van der Waals surface area contributed by atoms with E-state index in [1.54, 1.807) is 42.5 Å². The van der Waals surface area contributed by atoms with Crippen molar-refractivity contribution in [1.29, 1.82) is 0 Å². The third-order valence-electron chi connectivity index (χ3n) is 17.5. The number of halogens is 20. The van der Waals surface area contributed by atoms with Gasteiger partial charge in [-0.2, -0.15) is 0 Å². The Morgan fingerprint density at radius 2 is 0.916 bits per heavy atom. The minimum Gasteiger partial charge on any atom is -0.507 e. The molecule has 15 nitrogen and oxygen atoms in total. The summed E-state index contributed by atoms with van der Waals surface area (Å²) < 4.78 is 171. The number of esters is 1. The molecule has 0 saturated carbocycles. The number of phenols is 1. The van der Waals surface area contributed by atoms with Gasteiger partial charge in [0.15, 0.2) is 58.2 Å². The predicted molar refractivity (Wildman–Crippen MR) is 453 cm³/mol. The van der Waals surface area contributed by atoms with Crippen molar-refractivity contribution in [2.24, 2.45) is 0 Å². The molecule has 0 unspecified atom stereocenters. The summed E-state index contributed by atoms with van der Waals surface area (Å²) in [5.41, 5.74) is 5.10. The summed E-state index contributed by atoms with van der Waals surface area (Å²) >= 11 is 43.0. The number of rotatable bonds is 13. The van der Waals surface area contributed by atoms with Crippen molar-refractivity contribution in [2.75, 3.05) is 52.1 Å². The van der Waals surface area contributed by atoms with E-state index in [9.17, 15) is 68.2 Å². The summed E-state index contributed by atoms with van der Waals surface area (Å²) in [6, 6.07) is 21.2. The zero-order valence-electron chi connectivity index (χ0n) is 61.7. The van der Waals surface area contributed by atoms with Crippen LogP contribution in [-0.2, 0) is 52.9 Å². The van der Waals surface area contributed by atoms with Crippen LogP contribution in [0.1, 0.15) is 85.3 Å². The fourth-order valence-corrected chi connectivity index (χ4v) is 15.5. The van der Waals surface area contributed by atoms with Crippen LogP contribution in [0.25, 0.3) is 17.2 Å². The lowest BCUT2D eigenvalue weighted by Crippen LogP contribution is -2.43. The summed E-state index contributed by atoms with van der Waals surface area (Å²) in [5.74, 6) is -5.36. The Hall–Kier alpha value is -8.34. The molecule has 14 rings (SSSR count). The molecule has 0 aliphatic carbocycles. The summed E-state index contributed by atoms with van der Waals surface area (Å²) in [5, 5.41) is 25.2. The molecule has 0 bridgehead atoms. The van der Waals surface area contributed by atoms with Crippen LogP contribution in [0.2, 0.25) is 20.1 Å². The molecule has 2 atom stereocenters. The average Bonchev–Trinajstić information content (AvgIpc) is 0.756. The lowest BCUT2D eigenvalue weighted by Gasteiger charge is -2.27. The molecule has 5 aliphatic heterocycles. The standard InChI is InChI=1S/C28H23Cl2F2NO5.C20H18BrCl2NO4.C9H7BrF2O.2C9H5BrF2O.C6H3BrF2O.C3H3Br/c29-19-6-1-7-20(30)23(19)27(34)33-22(28(35)36)12-14-8-9-16(25-15(14)4-2-10-37-25)18-13-21(31)24(32)17-5-3-11-38-26(17)18;1-27-20(26)16(24-19(25)17-14(22)5-2-6-15(17)23)10-11-7-8-13(21)18-12(11)4-3-9-28-18;2*10-6-4-7(11)8(12)5-2-1-3-13-9(5)6;1-2-3-13-9-5-8(12)7(11)4-6(9)10;7-3-1-4(8)5(9)2-6(3)10;1-2-3-4/h1,6-9,13,22H,2-5,10-12H2,(H,33,34)(H,35,36);2,5-8,16H,3-4,9-10H2,1H3,(H,24,25);4H,1-3H2;1-2,4H,3H2;1,4-5H,3H2;1-2,10H;1H,3H2/t22-;16-;;;;;/m00...../s1. The second kappa shape index (κ2) is 46.1. The molecule has 0 radical (unpaired) electrons. The second-order valence-electron chi connectivity index (χ2n) is 25.3. The average molecular weight is 2120 g/mol. The topological polar surface area (TPSA) is 197 Å². The smallest absolute Gasteiger partial charge is 0.328 e. The quantitative estimate of drug-likeness (QED) is 0.0280. The first-order valence-electron chi connectivity index (χ1n) is 35.2. The van der Waals surface area contributed by atoms with Crippen molar-refractivity contribution in [3.05, 3.63) is 260 Å². The monoisotopic (exact) mass is 2110 g/mol.